The van der Waals surface area contributed by atoms with E-state index in [2.05, 4.69) is 28.9 Å². The van der Waals surface area contributed by atoms with E-state index < -0.39 is 0 Å². The molecule has 0 unspecified atom stereocenters. The lowest BCUT2D eigenvalue weighted by Crippen LogP contribution is -2.16. The quantitative estimate of drug-likeness (QED) is 0.566. The Morgan fingerprint density at radius 1 is 1.71 bits per heavy atom. The van der Waals surface area contributed by atoms with Crippen LogP contribution >= 0.6 is 11.8 Å². The molecule has 0 aliphatic heterocycles. The molecule has 0 saturated carbocycles. The van der Waals surface area contributed by atoms with Crippen LogP contribution < -0.4 is 5.32 Å². The van der Waals surface area contributed by atoms with Crippen molar-refractivity contribution in [2.75, 3.05) is 18.8 Å². The van der Waals surface area contributed by atoms with Crippen LogP contribution in [0.25, 0.3) is 0 Å². The minimum absolute atomic E-state index is 0.876. The Morgan fingerprint density at radius 2 is 2.50 bits per heavy atom. The molecule has 0 radical (unpaired) electrons. The number of aryl methyl sites for hydroxylation is 1. The van der Waals surface area contributed by atoms with Gasteiger partial charge in [-0.25, -0.2) is 9.67 Å². The van der Waals surface area contributed by atoms with Gasteiger partial charge in [-0.1, -0.05) is 30.8 Å². The molecule has 0 aliphatic rings. The summed E-state index contributed by atoms with van der Waals surface area (Å²) in [4.78, 5) is 4.12. The maximum atomic E-state index is 4.12. The molecular weight excluding hydrogens is 196 g/mol. The zero-order valence-electron chi connectivity index (χ0n) is 8.66. The Labute approximate surface area is 88.8 Å². The van der Waals surface area contributed by atoms with Crippen molar-refractivity contribution in [3.8, 4) is 0 Å². The summed E-state index contributed by atoms with van der Waals surface area (Å²) in [5.74, 6) is 0.888. The number of rotatable bonds is 6. The van der Waals surface area contributed by atoms with Crippen LogP contribution in [0.4, 0.5) is 0 Å². The average Bonchev–Trinajstić information content (AvgIpc) is 2.58. The van der Waals surface area contributed by atoms with E-state index >= 15 is 0 Å². The molecule has 0 bridgehead atoms. The van der Waals surface area contributed by atoms with Crippen LogP contribution in [-0.4, -0.2) is 33.6 Å². The number of nitrogens with zero attached hydrogens (tertiary/aromatic N) is 3. The van der Waals surface area contributed by atoms with Gasteiger partial charge in [0.05, 0.1) is 0 Å². The lowest BCUT2D eigenvalue weighted by atomic mass is 10.3. The normalized spacial score (nSPS) is 10.4. The lowest BCUT2D eigenvalue weighted by Gasteiger charge is -2.04. The van der Waals surface area contributed by atoms with Crippen LogP contribution in [0.3, 0.4) is 0 Å². The summed E-state index contributed by atoms with van der Waals surface area (Å²) in [6.07, 6.45) is 1.56. The highest BCUT2D eigenvalue weighted by molar-refractivity contribution is 7.99. The highest BCUT2D eigenvalue weighted by atomic mass is 32.2. The molecule has 1 aromatic heterocycles. The average molecular weight is 212 g/mol. The van der Waals surface area contributed by atoms with Gasteiger partial charge in [-0.15, -0.1) is 0 Å². The molecule has 4 nitrogen and oxygen atoms in total. The molecule has 0 saturated heterocycles. The van der Waals surface area contributed by atoms with Gasteiger partial charge >= 0.3 is 0 Å². The van der Waals surface area contributed by atoms with E-state index in [-0.39, 0.29) is 0 Å². The van der Waals surface area contributed by atoms with Crippen molar-refractivity contribution < 1.29 is 0 Å². The molecule has 0 spiro atoms. The Morgan fingerprint density at radius 3 is 3.07 bits per heavy atom. The molecular formula is C9H16N4S. The molecule has 0 atom stereocenters. The zero-order chi connectivity index (χ0) is 10.4. The smallest absolute Gasteiger partial charge is 0.186 e. The van der Waals surface area contributed by atoms with Crippen molar-refractivity contribution in [3.05, 3.63) is 18.5 Å². The predicted octanol–water partition coefficient (Wildman–Crippen LogP) is 1.07. The summed E-state index contributed by atoms with van der Waals surface area (Å²) in [5.41, 5.74) is 1.18. The Bertz CT molecular complexity index is 295. The first-order chi connectivity index (χ1) is 6.74. The summed E-state index contributed by atoms with van der Waals surface area (Å²) in [6.45, 7) is 7.92. The van der Waals surface area contributed by atoms with Crippen LogP contribution in [0.1, 0.15) is 6.92 Å². The number of hydrogen-bond acceptors (Lipinski definition) is 4. The fourth-order valence-corrected chi connectivity index (χ4v) is 1.73. The van der Waals surface area contributed by atoms with Crippen LogP contribution in [-0.2, 0) is 7.05 Å². The van der Waals surface area contributed by atoms with Crippen molar-refractivity contribution in [2.45, 2.75) is 12.1 Å². The van der Waals surface area contributed by atoms with Crippen LogP contribution in [0.2, 0.25) is 0 Å². The first kappa shape index (κ1) is 11.3. The van der Waals surface area contributed by atoms with E-state index in [4.69, 9.17) is 0 Å². The molecule has 1 aromatic rings. The molecule has 78 valence electrons. The largest absolute Gasteiger partial charge is 0.313 e. The van der Waals surface area contributed by atoms with Gasteiger partial charge < -0.3 is 5.32 Å². The second-order valence-corrected chi connectivity index (χ2v) is 3.93. The van der Waals surface area contributed by atoms with Gasteiger partial charge in [-0.3, -0.25) is 0 Å². The van der Waals surface area contributed by atoms with E-state index in [1.54, 1.807) is 22.8 Å². The Balaban J connectivity index is 2.27. The van der Waals surface area contributed by atoms with Gasteiger partial charge in [0.2, 0.25) is 0 Å². The molecule has 1 rings (SSSR count). The van der Waals surface area contributed by atoms with E-state index in [0.29, 0.717) is 0 Å². The van der Waals surface area contributed by atoms with Crippen LogP contribution in [0.5, 0.6) is 0 Å². The van der Waals surface area contributed by atoms with E-state index in [1.165, 1.54) is 5.57 Å². The maximum absolute atomic E-state index is 4.12. The van der Waals surface area contributed by atoms with Crippen LogP contribution in [0.15, 0.2) is 23.6 Å². The number of thioether (sulfide) groups is 1. The summed E-state index contributed by atoms with van der Waals surface area (Å²) >= 11 is 1.66. The van der Waals surface area contributed by atoms with Crippen molar-refractivity contribution >= 4 is 11.8 Å². The third-order valence-electron chi connectivity index (χ3n) is 1.70. The van der Waals surface area contributed by atoms with Gasteiger partial charge in [0.25, 0.3) is 0 Å². The molecule has 1 N–H and O–H groups in total. The Hall–Kier alpha value is -0.810. The molecule has 1 heterocycles. The Kier molecular flexibility index (Phi) is 4.69. The molecule has 0 amide bonds. The highest BCUT2D eigenvalue weighted by Gasteiger charge is 2.01. The third-order valence-corrected chi connectivity index (χ3v) is 2.88. The summed E-state index contributed by atoms with van der Waals surface area (Å²) in [6, 6.07) is 0. The zero-order valence-corrected chi connectivity index (χ0v) is 9.47. The lowest BCUT2D eigenvalue weighted by molar-refractivity contribution is 0.685. The second kappa shape index (κ2) is 5.82. The summed E-state index contributed by atoms with van der Waals surface area (Å²) in [5, 5.41) is 8.17. The summed E-state index contributed by atoms with van der Waals surface area (Å²) in [7, 11) is 1.89. The first-order valence-electron chi connectivity index (χ1n) is 4.58. The topological polar surface area (TPSA) is 42.7 Å². The number of aromatic nitrogens is 3. The van der Waals surface area contributed by atoms with Crippen LogP contribution in [0, 0.1) is 0 Å². The monoisotopic (exact) mass is 212 g/mol. The number of hydrogen-bond donors (Lipinski definition) is 1. The van der Waals surface area contributed by atoms with Gasteiger partial charge in [0, 0.05) is 19.3 Å². The summed E-state index contributed by atoms with van der Waals surface area (Å²) < 4.78 is 1.77. The van der Waals surface area contributed by atoms with Gasteiger partial charge in [0.15, 0.2) is 5.16 Å². The number of nitrogens with one attached hydrogen (secondary N) is 1. The fourth-order valence-electron chi connectivity index (χ4n) is 0.936. The van der Waals surface area contributed by atoms with Crippen molar-refractivity contribution in [3.63, 3.8) is 0 Å². The minimum Gasteiger partial charge on any atom is -0.313 e. The van der Waals surface area contributed by atoms with Crippen molar-refractivity contribution in [2.24, 2.45) is 7.05 Å². The van der Waals surface area contributed by atoms with E-state index in [9.17, 15) is 0 Å². The SMILES string of the molecule is C=C(CNCC)CSc1ncnn1C. The molecule has 5 heteroatoms. The van der Waals surface area contributed by atoms with E-state index in [1.807, 2.05) is 7.05 Å². The van der Waals surface area contributed by atoms with Crippen molar-refractivity contribution in [1.29, 1.82) is 0 Å². The minimum atomic E-state index is 0.876. The van der Waals surface area contributed by atoms with E-state index in [0.717, 1.165) is 24.0 Å². The predicted molar refractivity (Wildman–Crippen MR) is 59.4 cm³/mol. The third kappa shape index (κ3) is 3.51. The van der Waals surface area contributed by atoms with Gasteiger partial charge in [-0.05, 0) is 6.54 Å². The molecule has 0 fully saturated rings. The fraction of sp³-hybridized carbons (Fsp3) is 0.556. The first-order valence-corrected chi connectivity index (χ1v) is 5.56. The number of likely N-dealkylation sites (N-methyl/N-ethyl adjacent to an activating group) is 1. The van der Waals surface area contributed by atoms with Crippen molar-refractivity contribution in [1.82, 2.24) is 20.1 Å². The standard InChI is InChI=1S/C9H16N4S/c1-4-10-5-8(2)6-14-9-11-7-12-13(9)3/h7,10H,2,4-6H2,1,3H3. The maximum Gasteiger partial charge on any atom is 0.186 e. The molecule has 0 aliphatic carbocycles. The second-order valence-electron chi connectivity index (χ2n) is 2.99. The van der Waals surface area contributed by atoms with Gasteiger partial charge in [0.1, 0.15) is 6.33 Å². The van der Waals surface area contributed by atoms with Gasteiger partial charge in [-0.2, -0.15) is 5.10 Å². The molecule has 0 aromatic carbocycles. The highest BCUT2D eigenvalue weighted by Crippen LogP contribution is 2.15. The molecule has 14 heavy (non-hydrogen) atoms.